The van der Waals surface area contributed by atoms with Crippen LogP contribution >= 0.6 is 12.6 Å². The van der Waals surface area contributed by atoms with Crippen molar-refractivity contribution in [2.45, 2.75) is 38.1 Å². The fourth-order valence-corrected chi connectivity index (χ4v) is 1.71. The summed E-state index contributed by atoms with van der Waals surface area (Å²) in [6.07, 6.45) is -0.852. The molecule has 0 aromatic rings. The molecule has 0 fully saturated rings. The summed E-state index contributed by atoms with van der Waals surface area (Å²) in [6, 6.07) is -2.00. The van der Waals surface area contributed by atoms with E-state index >= 15 is 0 Å². The number of nitrogens with two attached hydrogens (primary N) is 1. The topological polar surface area (TPSA) is 157 Å². The number of carboxylic acid groups (broad SMARTS) is 1. The zero-order chi connectivity index (χ0) is 18.7. The van der Waals surface area contributed by atoms with Crippen molar-refractivity contribution >= 4 is 36.4 Å². The van der Waals surface area contributed by atoms with Crippen LogP contribution in [-0.4, -0.2) is 66.6 Å². The van der Waals surface area contributed by atoms with E-state index in [0.717, 1.165) is 0 Å². The largest absolute Gasteiger partial charge is 0.480 e. The Morgan fingerprint density at radius 1 is 1.29 bits per heavy atom. The third-order valence-electron chi connectivity index (χ3n) is 2.85. The minimum absolute atomic E-state index is 0.0110. The summed E-state index contributed by atoms with van der Waals surface area (Å²) in [5, 5.41) is 13.0. The number of esters is 1. The second-order valence-electron chi connectivity index (χ2n) is 4.80. The zero-order valence-electron chi connectivity index (χ0n) is 13.5. The highest BCUT2D eigenvalue weighted by Gasteiger charge is 2.22. The minimum Gasteiger partial charge on any atom is -0.480 e. The first-order chi connectivity index (χ1) is 11.2. The molecule has 0 rings (SSSR count). The lowest BCUT2D eigenvalue weighted by Crippen LogP contribution is -2.49. The Morgan fingerprint density at radius 3 is 2.42 bits per heavy atom. The molecular formula is C13H23N3O7S. The first kappa shape index (κ1) is 22.1. The van der Waals surface area contributed by atoms with Gasteiger partial charge in [0.2, 0.25) is 11.8 Å². The summed E-state index contributed by atoms with van der Waals surface area (Å²) in [6.45, 7) is 0.956. The van der Waals surface area contributed by atoms with Crippen LogP contribution in [0.25, 0.3) is 0 Å². The number of nitrogens with one attached hydrogen (secondary N) is 2. The van der Waals surface area contributed by atoms with Gasteiger partial charge in [0, 0.05) is 19.3 Å². The van der Waals surface area contributed by atoms with Crippen LogP contribution in [0, 0.1) is 0 Å². The maximum absolute atomic E-state index is 11.8. The predicted molar refractivity (Wildman–Crippen MR) is 86.2 cm³/mol. The third kappa shape index (κ3) is 9.33. The predicted octanol–water partition coefficient (Wildman–Crippen LogP) is -1.76. The van der Waals surface area contributed by atoms with E-state index in [0.29, 0.717) is 0 Å². The molecule has 3 atom stereocenters. The lowest BCUT2D eigenvalue weighted by Gasteiger charge is -2.17. The van der Waals surface area contributed by atoms with Gasteiger partial charge in [0.05, 0.1) is 0 Å². The number of carboxylic acids is 1. The Labute approximate surface area is 144 Å². The Hall–Kier alpha value is -1.85. The van der Waals surface area contributed by atoms with Gasteiger partial charge in [-0.25, -0.2) is 0 Å². The highest BCUT2D eigenvalue weighted by atomic mass is 32.1. The number of amides is 2. The molecule has 0 radical (unpaired) electrons. The summed E-state index contributed by atoms with van der Waals surface area (Å²) in [5.74, 6) is -3.12. The fraction of sp³-hybridized carbons (Fsp3) is 0.692. The average molecular weight is 365 g/mol. The maximum atomic E-state index is 11.8. The fourth-order valence-electron chi connectivity index (χ4n) is 1.45. The zero-order valence-corrected chi connectivity index (χ0v) is 14.4. The standard InChI is InChI=1S/C13H23N3O7S/c1-7(22-2)23-13(21)8(14)3-4-10(17)16-9(6-24)12(20)15-5-11(18)19/h7-9,24H,3-6,14H2,1-2H3,(H,15,20)(H,16,17)(H,18,19). The number of aliphatic carboxylic acids is 1. The summed E-state index contributed by atoms with van der Waals surface area (Å²) in [5.41, 5.74) is 5.60. The summed E-state index contributed by atoms with van der Waals surface area (Å²) >= 11 is 3.93. The van der Waals surface area contributed by atoms with Crippen molar-refractivity contribution in [2.75, 3.05) is 19.4 Å². The van der Waals surface area contributed by atoms with Gasteiger partial charge in [-0.3, -0.25) is 19.2 Å². The quantitative estimate of drug-likeness (QED) is 0.164. The normalized spacial score (nSPS) is 14.2. The molecule has 2 amide bonds. The number of hydrogen-bond donors (Lipinski definition) is 5. The summed E-state index contributed by atoms with van der Waals surface area (Å²) in [4.78, 5) is 45.4. The monoisotopic (exact) mass is 365 g/mol. The van der Waals surface area contributed by atoms with Crippen LogP contribution in [0.3, 0.4) is 0 Å². The Balaban J connectivity index is 4.28. The lowest BCUT2D eigenvalue weighted by atomic mass is 10.1. The van der Waals surface area contributed by atoms with Crippen LogP contribution in [0.1, 0.15) is 19.8 Å². The van der Waals surface area contributed by atoms with Crippen molar-refractivity contribution in [1.29, 1.82) is 0 Å². The van der Waals surface area contributed by atoms with Gasteiger partial charge in [0.25, 0.3) is 0 Å². The highest BCUT2D eigenvalue weighted by molar-refractivity contribution is 7.80. The molecule has 0 saturated carbocycles. The van der Waals surface area contributed by atoms with E-state index in [4.69, 9.17) is 20.3 Å². The smallest absolute Gasteiger partial charge is 0.325 e. The molecule has 0 aliphatic heterocycles. The number of carbonyl (C=O) groups is 4. The van der Waals surface area contributed by atoms with Gasteiger partial charge in [0.1, 0.15) is 18.6 Å². The maximum Gasteiger partial charge on any atom is 0.325 e. The van der Waals surface area contributed by atoms with E-state index in [9.17, 15) is 19.2 Å². The molecule has 5 N–H and O–H groups in total. The summed E-state index contributed by atoms with van der Waals surface area (Å²) < 4.78 is 9.60. The minimum atomic E-state index is -1.21. The number of carbonyl (C=O) groups excluding carboxylic acids is 3. The molecule has 10 nitrogen and oxygen atoms in total. The van der Waals surface area contributed by atoms with Crippen molar-refractivity contribution < 1.29 is 33.8 Å². The molecule has 0 bridgehead atoms. The summed E-state index contributed by atoms with van der Waals surface area (Å²) in [7, 11) is 1.36. The molecule has 138 valence electrons. The molecule has 0 spiro atoms. The van der Waals surface area contributed by atoms with Gasteiger partial charge >= 0.3 is 11.9 Å². The first-order valence-corrected chi connectivity index (χ1v) is 7.73. The van der Waals surface area contributed by atoms with Gasteiger partial charge < -0.3 is 30.9 Å². The van der Waals surface area contributed by atoms with Gasteiger partial charge in [-0.2, -0.15) is 12.6 Å². The van der Waals surface area contributed by atoms with Crippen molar-refractivity contribution in [2.24, 2.45) is 5.73 Å². The van der Waals surface area contributed by atoms with E-state index in [-0.39, 0.29) is 18.6 Å². The number of hydrogen-bond acceptors (Lipinski definition) is 8. The molecule has 11 heteroatoms. The second kappa shape index (κ2) is 11.6. The van der Waals surface area contributed by atoms with Crippen molar-refractivity contribution in [3.05, 3.63) is 0 Å². The SMILES string of the molecule is COC(C)OC(=O)C(N)CCC(=O)NC(CS)C(=O)NCC(=O)O. The van der Waals surface area contributed by atoms with E-state index in [1.807, 2.05) is 0 Å². The van der Waals surface area contributed by atoms with E-state index < -0.39 is 48.7 Å². The molecule has 0 heterocycles. The number of ether oxygens (including phenoxy) is 2. The molecule has 24 heavy (non-hydrogen) atoms. The van der Waals surface area contributed by atoms with Crippen LogP contribution in [0.5, 0.6) is 0 Å². The Kier molecular flexibility index (Phi) is 10.8. The van der Waals surface area contributed by atoms with Crippen LogP contribution in [0.15, 0.2) is 0 Å². The van der Waals surface area contributed by atoms with Crippen molar-refractivity contribution in [1.82, 2.24) is 10.6 Å². The lowest BCUT2D eigenvalue weighted by molar-refractivity contribution is -0.171. The van der Waals surface area contributed by atoms with E-state index in [2.05, 4.69) is 23.3 Å². The van der Waals surface area contributed by atoms with Crippen LogP contribution in [-0.2, 0) is 28.7 Å². The molecule has 0 aromatic heterocycles. The number of methoxy groups -OCH3 is 1. The number of thiol groups is 1. The van der Waals surface area contributed by atoms with Gasteiger partial charge in [-0.05, 0) is 13.3 Å². The highest BCUT2D eigenvalue weighted by Crippen LogP contribution is 2.01. The Bertz CT molecular complexity index is 461. The van der Waals surface area contributed by atoms with E-state index in [1.165, 1.54) is 14.0 Å². The molecule has 3 unspecified atom stereocenters. The van der Waals surface area contributed by atoms with Crippen LogP contribution < -0.4 is 16.4 Å². The van der Waals surface area contributed by atoms with Gasteiger partial charge in [-0.1, -0.05) is 0 Å². The van der Waals surface area contributed by atoms with Crippen LogP contribution in [0.4, 0.5) is 0 Å². The van der Waals surface area contributed by atoms with Gasteiger partial charge in [0.15, 0.2) is 6.29 Å². The van der Waals surface area contributed by atoms with Crippen molar-refractivity contribution in [3.8, 4) is 0 Å². The molecule has 0 aliphatic carbocycles. The molecule has 0 aromatic carbocycles. The Morgan fingerprint density at radius 2 is 1.92 bits per heavy atom. The van der Waals surface area contributed by atoms with Crippen LogP contribution in [0.2, 0.25) is 0 Å². The van der Waals surface area contributed by atoms with Gasteiger partial charge in [-0.15, -0.1) is 0 Å². The van der Waals surface area contributed by atoms with E-state index in [1.54, 1.807) is 0 Å². The molecule has 0 saturated heterocycles. The molecule has 0 aliphatic rings. The first-order valence-electron chi connectivity index (χ1n) is 7.09. The second-order valence-corrected chi connectivity index (χ2v) is 5.16. The van der Waals surface area contributed by atoms with Crippen molar-refractivity contribution in [3.63, 3.8) is 0 Å². The third-order valence-corrected chi connectivity index (χ3v) is 3.21. The number of rotatable bonds is 11. The molecular weight excluding hydrogens is 342 g/mol. The average Bonchev–Trinajstić information content (AvgIpc) is 2.54.